The summed E-state index contributed by atoms with van der Waals surface area (Å²) in [5.41, 5.74) is 7.72. The molecule has 0 saturated heterocycles. The molecule has 4 heteroatoms. The van der Waals surface area contributed by atoms with Crippen LogP contribution in [0, 0.1) is 0 Å². The predicted octanol–water partition coefficient (Wildman–Crippen LogP) is 3.44. The fraction of sp³-hybridized carbons (Fsp3) is 0.125. The van der Waals surface area contributed by atoms with Crippen molar-refractivity contribution < 1.29 is 4.74 Å². The molecule has 0 radical (unpaired) electrons. The lowest BCUT2D eigenvalue weighted by Crippen LogP contribution is -2.07. The van der Waals surface area contributed by atoms with Gasteiger partial charge in [-0.15, -0.1) is 0 Å². The maximum absolute atomic E-state index is 5.95. The third kappa shape index (κ3) is 2.33. The number of benzene rings is 1. The Morgan fingerprint density at radius 1 is 1.00 bits per heavy atom. The maximum Gasteiger partial charge on any atom is 0.224 e. The normalized spacial score (nSPS) is 12.3. The van der Waals surface area contributed by atoms with Gasteiger partial charge in [-0.2, -0.15) is 0 Å². The van der Waals surface area contributed by atoms with Gasteiger partial charge in [0, 0.05) is 29.4 Å². The summed E-state index contributed by atoms with van der Waals surface area (Å²) in [6.07, 6.45) is 3.46. The average molecular weight is 265 g/mol. The van der Waals surface area contributed by atoms with Crippen LogP contribution in [0.2, 0.25) is 0 Å². The van der Waals surface area contributed by atoms with Crippen LogP contribution in [0.5, 0.6) is 11.6 Å². The molecule has 0 bridgehead atoms. The first-order valence-corrected chi connectivity index (χ1v) is 6.48. The Hall–Kier alpha value is -2.46. The van der Waals surface area contributed by atoms with E-state index in [4.69, 9.17) is 10.5 Å². The van der Waals surface area contributed by atoms with E-state index >= 15 is 0 Å². The summed E-state index contributed by atoms with van der Waals surface area (Å²) in [7, 11) is 0. The van der Waals surface area contributed by atoms with Crippen LogP contribution in [0.3, 0.4) is 0 Å². The third-order valence-electron chi connectivity index (χ3n) is 3.10. The highest BCUT2D eigenvalue weighted by atomic mass is 16.5. The van der Waals surface area contributed by atoms with E-state index in [0.29, 0.717) is 5.88 Å². The van der Waals surface area contributed by atoms with E-state index in [1.54, 1.807) is 12.4 Å². The van der Waals surface area contributed by atoms with Crippen molar-refractivity contribution in [3.63, 3.8) is 0 Å². The summed E-state index contributed by atoms with van der Waals surface area (Å²) < 4.78 is 5.95. The Bertz CT molecular complexity index is 735. The number of ether oxygens (including phenoxy) is 1. The van der Waals surface area contributed by atoms with E-state index in [1.807, 2.05) is 49.4 Å². The molecular formula is C16H15N3O. The molecule has 0 aliphatic heterocycles. The van der Waals surface area contributed by atoms with E-state index in [2.05, 4.69) is 9.97 Å². The Morgan fingerprint density at radius 2 is 1.80 bits per heavy atom. The largest absolute Gasteiger partial charge is 0.438 e. The van der Waals surface area contributed by atoms with Crippen LogP contribution in [-0.4, -0.2) is 9.97 Å². The lowest BCUT2D eigenvalue weighted by Gasteiger charge is -2.13. The molecule has 0 amide bonds. The molecule has 0 aliphatic rings. The maximum atomic E-state index is 5.95. The Labute approximate surface area is 117 Å². The standard InChI is InChI=1S/C16H15N3O/c1-11(17)12-5-3-10-19-16(12)20-15-8-2-7-14-13(15)6-4-9-18-14/h2-11H,17H2,1H3/t11-/m0/s1. The van der Waals surface area contributed by atoms with Gasteiger partial charge in [-0.1, -0.05) is 12.1 Å². The lowest BCUT2D eigenvalue weighted by atomic mass is 10.1. The number of pyridine rings is 2. The number of hydrogen-bond donors (Lipinski definition) is 1. The summed E-state index contributed by atoms with van der Waals surface area (Å²) in [6, 6.07) is 13.3. The first kappa shape index (κ1) is 12.6. The fourth-order valence-corrected chi connectivity index (χ4v) is 2.10. The number of hydrogen-bond acceptors (Lipinski definition) is 4. The topological polar surface area (TPSA) is 61.0 Å². The van der Waals surface area contributed by atoms with Crippen LogP contribution in [0.1, 0.15) is 18.5 Å². The van der Waals surface area contributed by atoms with Crippen LogP contribution in [0.25, 0.3) is 10.9 Å². The lowest BCUT2D eigenvalue weighted by molar-refractivity contribution is 0.457. The summed E-state index contributed by atoms with van der Waals surface area (Å²) in [6.45, 7) is 1.91. The third-order valence-corrected chi connectivity index (χ3v) is 3.10. The zero-order valence-corrected chi connectivity index (χ0v) is 11.2. The van der Waals surface area contributed by atoms with Crippen molar-refractivity contribution >= 4 is 10.9 Å². The minimum atomic E-state index is -0.133. The number of aromatic nitrogens is 2. The van der Waals surface area contributed by atoms with Crippen molar-refractivity contribution in [1.82, 2.24) is 9.97 Å². The monoisotopic (exact) mass is 265 g/mol. The molecule has 3 aromatic rings. The Balaban J connectivity index is 2.06. The molecule has 1 atom stereocenters. The van der Waals surface area contributed by atoms with E-state index in [9.17, 15) is 0 Å². The second-order valence-corrected chi connectivity index (χ2v) is 4.61. The molecule has 0 fully saturated rings. The van der Waals surface area contributed by atoms with Crippen molar-refractivity contribution in [1.29, 1.82) is 0 Å². The highest BCUT2D eigenvalue weighted by Crippen LogP contribution is 2.30. The minimum Gasteiger partial charge on any atom is -0.438 e. The molecule has 20 heavy (non-hydrogen) atoms. The first-order chi connectivity index (χ1) is 9.75. The highest BCUT2D eigenvalue weighted by molar-refractivity contribution is 5.85. The molecule has 0 spiro atoms. The van der Waals surface area contributed by atoms with E-state index in [-0.39, 0.29) is 6.04 Å². The number of nitrogens with two attached hydrogens (primary N) is 1. The van der Waals surface area contributed by atoms with Gasteiger partial charge in [-0.25, -0.2) is 4.98 Å². The molecule has 0 aliphatic carbocycles. The zero-order valence-electron chi connectivity index (χ0n) is 11.2. The number of fused-ring (bicyclic) bond motifs is 1. The van der Waals surface area contributed by atoms with Gasteiger partial charge in [-0.05, 0) is 37.3 Å². The van der Waals surface area contributed by atoms with Gasteiger partial charge in [0.2, 0.25) is 5.88 Å². The molecule has 2 N–H and O–H groups in total. The first-order valence-electron chi connectivity index (χ1n) is 6.48. The molecular weight excluding hydrogens is 250 g/mol. The quantitative estimate of drug-likeness (QED) is 0.788. The Kier molecular flexibility index (Phi) is 3.31. The van der Waals surface area contributed by atoms with Crippen LogP contribution in [0.15, 0.2) is 54.9 Å². The second-order valence-electron chi connectivity index (χ2n) is 4.61. The number of nitrogens with zero attached hydrogens (tertiary/aromatic N) is 2. The molecule has 0 saturated carbocycles. The summed E-state index contributed by atoms with van der Waals surface area (Å²) in [5.74, 6) is 1.27. The van der Waals surface area contributed by atoms with Crippen molar-refractivity contribution in [2.75, 3.05) is 0 Å². The zero-order chi connectivity index (χ0) is 13.9. The van der Waals surface area contributed by atoms with Gasteiger partial charge in [0.25, 0.3) is 0 Å². The van der Waals surface area contributed by atoms with Gasteiger partial charge in [0.15, 0.2) is 0 Å². The molecule has 3 rings (SSSR count). The Morgan fingerprint density at radius 3 is 2.65 bits per heavy atom. The SMILES string of the molecule is C[C@H](N)c1cccnc1Oc1cccc2ncccc12. The predicted molar refractivity (Wildman–Crippen MR) is 78.7 cm³/mol. The van der Waals surface area contributed by atoms with Crippen molar-refractivity contribution in [3.8, 4) is 11.6 Å². The van der Waals surface area contributed by atoms with Gasteiger partial charge in [-0.3, -0.25) is 4.98 Å². The average Bonchev–Trinajstić information content (AvgIpc) is 2.48. The second kappa shape index (κ2) is 5.27. The van der Waals surface area contributed by atoms with Crippen molar-refractivity contribution in [2.45, 2.75) is 13.0 Å². The van der Waals surface area contributed by atoms with E-state index in [0.717, 1.165) is 22.2 Å². The van der Waals surface area contributed by atoms with E-state index < -0.39 is 0 Å². The van der Waals surface area contributed by atoms with Crippen LogP contribution < -0.4 is 10.5 Å². The molecule has 4 nitrogen and oxygen atoms in total. The van der Waals surface area contributed by atoms with Crippen molar-refractivity contribution in [3.05, 3.63) is 60.4 Å². The van der Waals surface area contributed by atoms with Crippen LogP contribution in [0.4, 0.5) is 0 Å². The van der Waals surface area contributed by atoms with E-state index in [1.165, 1.54) is 0 Å². The van der Waals surface area contributed by atoms with Gasteiger partial charge in [0.05, 0.1) is 5.52 Å². The molecule has 2 aromatic heterocycles. The smallest absolute Gasteiger partial charge is 0.224 e. The summed E-state index contributed by atoms with van der Waals surface area (Å²) in [5, 5.41) is 0.955. The molecule has 2 heterocycles. The van der Waals surface area contributed by atoms with Crippen LogP contribution in [-0.2, 0) is 0 Å². The van der Waals surface area contributed by atoms with Gasteiger partial charge >= 0.3 is 0 Å². The van der Waals surface area contributed by atoms with Crippen molar-refractivity contribution in [2.24, 2.45) is 5.73 Å². The van der Waals surface area contributed by atoms with Crippen LogP contribution >= 0.6 is 0 Å². The minimum absolute atomic E-state index is 0.133. The summed E-state index contributed by atoms with van der Waals surface area (Å²) >= 11 is 0. The molecule has 1 aromatic carbocycles. The van der Waals surface area contributed by atoms with Gasteiger partial charge in [0.1, 0.15) is 5.75 Å². The molecule has 0 unspecified atom stereocenters. The summed E-state index contributed by atoms with van der Waals surface area (Å²) in [4.78, 5) is 8.60. The highest BCUT2D eigenvalue weighted by Gasteiger charge is 2.11. The fourth-order valence-electron chi connectivity index (χ4n) is 2.10. The number of rotatable bonds is 3. The molecule has 100 valence electrons. The van der Waals surface area contributed by atoms with Gasteiger partial charge < -0.3 is 10.5 Å².